The number of carbonyl (C=O) groups excluding carboxylic acids is 5. The number of carboxylic acid groups (broad SMARTS) is 2. The summed E-state index contributed by atoms with van der Waals surface area (Å²) in [7, 11) is -4.92. The van der Waals surface area contributed by atoms with Gasteiger partial charge in [-0.2, -0.15) is 0 Å². The average molecular weight is 1100 g/mol. The number of imide groups is 1. The van der Waals surface area contributed by atoms with E-state index in [0.29, 0.717) is 25.0 Å². The number of nitrogens with zero attached hydrogens (tertiary/aromatic N) is 5. The molecule has 5 rings (SSSR count). The zero-order valence-corrected chi connectivity index (χ0v) is 51.7. The molecule has 4 fully saturated rings. The molecule has 4 unspecified atom stereocenters. The molecule has 4 aliphatic heterocycles. The fourth-order valence-electron chi connectivity index (χ4n) is 8.44. The van der Waals surface area contributed by atoms with E-state index in [4.69, 9.17) is 51.7 Å². The number of amides is 3. The van der Waals surface area contributed by atoms with Gasteiger partial charge in [0.15, 0.2) is 6.29 Å². The van der Waals surface area contributed by atoms with Crippen LogP contribution in [0.25, 0.3) is 5.73 Å². The summed E-state index contributed by atoms with van der Waals surface area (Å²) in [6.45, 7) is 14.0. The minimum absolute atomic E-state index is 0. The summed E-state index contributed by atoms with van der Waals surface area (Å²) in [5.74, 6) is -5.01. The maximum absolute atomic E-state index is 13.6. The van der Waals surface area contributed by atoms with Gasteiger partial charge in [-0.05, 0) is 43.1 Å². The van der Waals surface area contributed by atoms with Gasteiger partial charge < -0.3 is 90.8 Å². The van der Waals surface area contributed by atoms with E-state index in [1.807, 2.05) is 34.6 Å². The van der Waals surface area contributed by atoms with Crippen molar-refractivity contribution in [1.82, 2.24) is 24.8 Å². The number of hydrogen-bond donors (Lipinski definition) is 5. The Balaban J connectivity index is 0.00000548. The molecule has 1 aromatic rings. The number of unbranched alkanes of at least 4 members (excludes halogenated alkanes) is 2. The standard InChI is InChI=1S/C41H64N6O17.4Na.H2O4S/c1-20(2)32-25-26(35(62-32)41(4,5)6)37(56)47(36(25)55)13-9-7-8-12-45(23(48)10-11-24(49)50)18-22-19-46(44-43-22)14-15-59-16-17-60-40-31(54)30(53)33(34(64-40)38(57)58)63-39-27(42)29(52)28(51)21(3)61-39;;;;;1-5(2,3)4/h19-21,25-35,39-40,42,51-54H,3,7-18H2,1-2,4-6H3,(H,49,50)(H,57,58);;;;;(H2,1,2,3,4)/q-2;4*+1;/p-3/t21?,25-,26+,27?,28-,29-,30-,31?,32-,33+,34?,35-,39-,40-;;;;;/m1...../s1. The summed E-state index contributed by atoms with van der Waals surface area (Å²) in [6, 6.07) is -1.61. The van der Waals surface area contributed by atoms with Crippen LogP contribution >= 0.6 is 0 Å². The Hall–Kier alpha value is 0.120. The maximum atomic E-state index is 13.6. The van der Waals surface area contributed by atoms with E-state index in [-0.39, 0.29) is 206 Å². The van der Waals surface area contributed by atoms with Crippen molar-refractivity contribution in [3.8, 4) is 0 Å². The summed E-state index contributed by atoms with van der Waals surface area (Å²) >= 11 is 0. The second-order valence-electron chi connectivity index (χ2n) is 18.5. The molecule has 6 N–H and O–H groups in total. The van der Waals surface area contributed by atoms with Crippen molar-refractivity contribution in [3.63, 3.8) is 0 Å². The molecule has 3 amide bonds. The Labute approximate surface area is 512 Å². The van der Waals surface area contributed by atoms with Crippen molar-refractivity contribution in [2.45, 2.75) is 153 Å². The second-order valence-corrected chi connectivity index (χ2v) is 19.4. The third kappa shape index (κ3) is 21.3. The van der Waals surface area contributed by atoms with Gasteiger partial charge in [-0.3, -0.25) is 23.8 Å². The normalized spacial score (nSPS) is 29.9. The van der Waals surface area contributed by atoms with E-state index < -0.39 is 108 Å². The summed E-state index contributed by atoms with van der Waals surface area (Å²) in [5, 5.41) is 72.5. The quantitative estimate of drug-likeness (QED) is 0.0180. The molecule has 0 spiro atoms. The van der Waals surface area contributed by atoms with Crippen LogP contribution in [0.1, 0.15) is 72.4 Å². The number of aliphatic carboxylic acids is 2. The molecular formula is C41H63N6Na4O21S-. The van der Waals surface area contributed by atoms with Gasteiger partial charge in [0.1, 0.15) is 36.4 Å². The monoisotopic (exact) mass is 1100 g/mol. The van der Waals surface area contributed by atoms with Crippen LogP contribution in [-0.2, 0) is 75.9 Å². The molecule has 394 valence electrons. The number of carboxylic acids is 2. The smallest absolute Gasteiger partial charge is 0.726 e. The summed E-state index contributed by atoms with van der Waals surface area (Å²) < 4.78 is 67.6. The van der Waals surface area contributed by atoms with Crippen molar-refractivity contribution >= 4 is 40.1 Å². The van der Waals surface area contributed by atoms with Crippen LogP contribution in [0.4, 0.5) is 0 Å². The fourth-order valence-corrected chi connectivity index (χ4v) is 8.44. The Morgan fingerprint density at radius 3 is 2.07 bits per heavy atom. The predicted octanol–water partition coefficient (Wildman–Crippen LogP) is -16.3. The first-order valence-corrected chi connectivity index (χ1v) is 23.7. The molecule has 5 heterocycles. The minimum Gasteiger partial charge on any atom is -0.726 e. The third-order valence-electron chi connectivity index (χ3n) is 11.9. The van der Waals surface area contributed by atoms with E-state index in [9.17, 15) is 54.6 Å². The van der Waals surface area contributed by atoms with Gasteiger partial charge in [-0.15, -0.1) is 5.10 Å². The fraction of sp³-hybridized carbons (Fsp3) is 0.805. The van der Waals surface area contributed by atoms with Gasteiger partial charge >= 0.3 is 118 Å². The molecule has 32 heteroatoms. The van der Waals surface area contributed by atoms with Crippen LogP contribution < -0.4 is 128 Å². The third-order valence-corrected chi connectivity index (χ3v) is 11.9. The first-order valence-electron chi connectivity index (χ1n) is 22.3. The Morgan fingerprint density at radius 1 is 0.877 bits per heavy atom. The largest absolute Gasteiger partial charge is 1.00 e. The molecule has 4 aliphatic rings. The van der Waals surface area contributed by atoms with Crippen molar-refractivity contribution in [2.75, 3.05) is 32.9 Å². The second kappa shape index (κ2) is 33.0. The molecular weight excluding hydrogens is 1040 g/mol. The van der Waals surface area contributed by atoms with Crippen LogP contribution in [0, 0.1) is 30.1 Å². The topological polar surface area (TPSA) is 406 Å². The molecule has 0 aliphatic carbocycles. The van der Waals surface area contributed by atoms with Crippen molar-refractivity contribution < 1.29 is 219 Å². The zero-order valence-electron chi connectivity index (χ0n) is 42.8. The van der Waals surface area contributed by atoms with Crippen LogP contribution in [0.5, 0.6) is 0 Å². The van der Waals surface area contributed by atoms with Gasteiger partial charge in [0.25, 0.3) is 0 Å². The van der Waals surface area contributed by atoms with Gasteiger partial charge in [0, 0.05) is 25.5 Å². The number of aliphatic hydroxyl groups excluding tert-OH is 4. The number of aliphatic hydroxyl groups is 4. The summed E-state index contributed by atoms with van der Waals surface area (Å²) in [5.41, 5.74) is 8.13. The molecule has 1 aromatic heterocycles. The molecule has 73 heavy (non-hydrogen) atoms. The first kappa shape index (κ1) is 73.1. The molecule has 0 saturated carbocycles. The Bertz CT molecular complexity index is 2020. The molecule has 0 aromatic carbocycles. The number of carbonyl (C=O) groups is 5. The Morgan fingerprint density at radius 2 is 1.49 bits per heavy atom. The molecule has 0 bridgehead atoms. The zero-order chi connectivity index (χ0) is 51.7. The number of aromatic nitrogens is 3. The first-order chi connectivity index (χ1) is 32.1. The van der Waals surface area contributed by atoms with Crippen LogP contribution in [0.2, 0.25) is 0 Å². The molecule has 14 atom stereocenters. The number of rotatable bonds is 22. The average Bonchev–Trinajstić information content (AvgIpc) is 3.95. The van der Waals surface area contributed by atoms with Crippen molar-refractivity contribution in [3.05, 3.63) is 24.5 Å². The van der Waals surface area contributed by atoms with E-state index >= 15 is 0 Å². The molecule has 4 saturated heterocycles. The molecule has 27 nitrogen and oxygen atoms in total. The SMILES string of the molecule is O=S(=O)([O-])O.[CH2-]C1O[C@H](O[C@@H]2C(C(=O)[O-])O[C@@H](OCCOCCn3cc(CN(CCCCCN4C(=O)[C@@H]5[C@H](C4=O)[C@H](C(C)(C)C)O[C@@H]5C(C)C)C(=O)CCC(=O)[O-])nn3)C(O)[C@H]2O)C([NH-])[C@@H](O)[C@@H]1O.[Na+].[Na+].[Na+].[Na+]. The van der Waals surface area contributed by atoms with Crippen LogP contribution in [0.3, 0.4) is 0 Å². The van der Waals surface area contributed by atoms with E-state index in [2.05, 4.69) is 17.2 Å². The Kier molecular flexibility index (Phi) is 33.1. The number of likely N-dealkylation sites (tertiary alicyclic amines) is 1. The van der Waals surface area contributed by atoms with Gasteiger partial charge in [-0.25, -0.2) is 13.1 Å². The van der Waals surface area contributed by atoms with Gasteiger partial charge in [-0.1, -0.05) is 45.9 Å². The van der Waals surface area contributed by atoms with Gasteiger partial charge in [0.2, 0.25) is 28.1 Å². The minimum atomic E-state index is -4.92. The molecule has 0 radical (unpaired) electrons. The summed E-state index contributed by atoms with van der Waals surface area (Å²) in [6.07, 6.45) is -13.6. The van der Waals surface area contributed by atoms with E-state index in [1.165, 1.54) is 14.5 Å². The van der Waals surface area contributed by atoms with Crippen LogP contribution in [-0.4, -0.2) is 199 Å². The number of ether oxygens (including phenoxy) is 6. The number of nitrogens with one attached hydrogen (secondary N) is 1. The summed E-state index contributed by atoms with van der Waals surface area (Å²) in [4.78, 5) is 66.0. The predicted molar refractivity (Wildman–Crippen MR) is 224 cm³/mol. The van der Waals surface area contributed by atoms with Crippen molar-refractivity contribution in [1.29, 1.82) is 0 Å². The number of hydrogen-bond acceptors (Lipinski definition) is 22. The number of fused-ring (bicyclic) bond motifs is 1. The van der Waals surface area contributed by atoms with E-state index in [1.54, 1.807) is 6.20 Å². The maximum Gasteiger partial charge on any atom is 1.00 e. The van der Waals surface area contributed by atoms with Gasteiger partial charge in [0.05, 0.1) is 81.3 Å². The van der Waals surface area contributed by atoms with Crippen molar-refractivity contribution in [2.24, 2.45) is 23.2 Å². The van der Waals surface area contributed by atoms with E-state index in [0.717, 1.165) is 0 Å². The van der Waals surface area contributed by atoms with Crippen LogP contribution in [0.15, 0.2) is 6.20 Å².